The third-order valence-corrected chi connectivity index (χ3v) is 2.98. The maximum Gasteiger partial charge on any atom is 0.318 e. The number of esters is 1. The molecular formula is C14H17N3O2. The number of nitrogens with one attached hydrogen (secondary N) is 1. The molecule has 1 N–H and O–H groups in total. The highest BCUT2D eigenvalue weighted by atomic mass is 16.5. The Labute approximate surface area is 112 Å². The van der Waals surface area contributed by atoms with Gasteiger partial charge in [0.2, 0.25) is 0 Å². The number of H-pyrrole nitrogens is 1. The van der Waals surface area contributed by atoms with Gasteiger partial charge in [0.05, 0.1) is 18.5 Å². The van der Waals surface area contributed by atoms with Crippen molar-refractivity contribution in [1.29, 1.82) is 0 Å². The van der Waals surface area contributed by atoms with E-state index in [1.807, 2.05) is 31.3 Å². The van der Waals surface area contributed by atoms with Crippen LogP contribution in [0.4, 0.5) is 0 Å². The largest absolute Gasteiger partial charge is 0.468 e. The highest BCUT2D eigenvalue weighted by molar-refractivity contribution is 5.81. The second kappa shape index (κ2) is 4.84. The molecule has 100 valence electrons. The number of hydrogen-bond acceptors (Lipinski definition) is 4. The van der Waals surface area contributed by atoms with Gasteiger partial charge in [-0.3, -0.25) is 4.79 Å². The number of methoxy groups -OCH3 is 1. The molecule has 5 nitrogen and oxygen atoms in total. The number of hydrogen-bond donors (Lipinski definition) is 1. The van der Waals surface area contributed by atoms with Crippen molar-refractivity contribution in [2.45, 2.75) is 26.2 Å². The van der Waals surface area contributed by atoms with Crippen LogP contribution in [0.5, 0.6) is 0 Å². The van der Waals surface area contributed by atoms with Gasteiger partial charge >= 0.3 is 5.97 Å². The maximum absolute atomic E-state index is 11.8. The maximum atomic E-state index is 11.8. The van der Waals surface area contributed by atoms with Crippen LogP contribution < -0.4 is 0 Å². The summed E-state index contributed by atoms with van der Waals surface area (Å²) in [5.41, 5.74) is 1.60. The van der Waals surface area contributed by atoms with Crippen LogP contribution in [0, 0.1) is 6.92 Å². The monoisotopic (exact) mass is 259 g/mol. The van der Waals surface area contributed by atoms with Crippen molar-refractivity contribution in [3.63, 3.8) is 0 Å². The molecule has 2 rings (SSSR count). The van der Waals surface area contributed by atoms with E-state index in [4.69, 9.17) is 4.74 Å². The Bertz CT molecular complexity index is 589. The van der Waals surface area contributed by atoms with Crippen molar-refractivity contribution in [3.05, 3.63) is 35.9 Å². The molecule has 2 aromatic heterocycles. The Kier molecular flexibility index (Phi) is 3.38. The molecule has 19 heavy (non-hydrogen) atoms. The number of aromatic nitrogens is 3. The van der Waals surface area contributed by atoms with Crippen molar-refractivity contribution in [2.24, 2.45) is 0 Å². The fourth-order valence-electron chi connectivity index (χ4n) is 1.82. The van der Waals surface area contributed by atoms with Gasteiger partial charge in [-0.2, -0.15) is 0 Å². The van der Waals surface area contributed by atoms with Gasteiger partial charge in [0.1, 0.15) is 11.2 Å². The molecular weight excluding hydrogens is 242 g/mol. The number of aromatic amines is 1. The number of rotatable bonds is 3. The topological polar surface area (TPSA) is 67.9 Å². The first-order valence-corrected chi connectivity index (χ1v) is 6.03. The highest BCUT2D eigenvalue weighted by Gasteiger charge is 2.34. The van der Waals surface area contributed by atoms with Crippen LogP contribution >= 0.6 is 0 Å². The summed E-state index contributed by atoms with van der Waals surface area (Å²) in [5, 5.41) is 0. The van der Waals surface area contributed by atoms with Gasteiger partial charge in [-0.25, -0.2) is 9.97 Å². The summed E-state index contributed by atoms with van der Waals surface area (Å²) in [7, 11) is 1.37. The zero-order chi connectivity index (χ0) is 14.0. The smallest absolute Gasteiger partial charge is 0.318 e. The summed E-state index contributed by atoms with van der Waals surface area (Å²) in [6.45, 7) is 5.39. The molecule has 0 atom stereocenters. The fourth-order valence-corrected chi connectivity index (χ4v) is 1.82. The summed E-state index contributed by atoms with van der Waals surface area (Å²) in [6.07, 6.45) is 1.83. The number of carbonyl (C=O) groups excluding carboxylic acids is 1. The van der Waals surface area contributed by atoms with Gasteiger partial charge in [0.25, 0.3) is 0 Å². The predicted octanol–water partition coefficient (Wildman–Crippen LogP) is 2.23. The van der Waals surface area contributed by atoms with Crippen LogP contribution in [-0.2, 0) is 14.9 Å². The van der Waals surface area contributed by atoms with Crippen LogP contribution in [0.2, 0.25) is 0 Å². The lowest BCUT2D eigenvalue weighted by Crippen LogP contribution is -2.32. The summed E-state index contributed by atoms with van der Waals surface area (Å²) in [5.74, 6) is 0.111. The summed E-state index contributed by atoms with van der Waals surface area (Å²) < 4.78 is 4.81. The molecule has 0 amide bonds. The van der Waals surface area contributed by atoms with Crippen LogP contribution in [0.15, 0.2) is 24.4 Å². The van der Waals surface area contributed by atoms with Crippen LogP contribution in [0.25, 0.3) is 11.4 Å². The van der Waals surface area contributed by atoms with E-state index in [0.717, 1.165) is 17.1 Å². The molecule has 0 saturated carbocycles. The molecule has 0 fully saturated rings. The van der Waals surface area contributed by atoms with Crippen LogP contribution in [0.3, 0.4) is 0 Å². The standard InChI is InChI=1S/C14H17N3O2/c1-9-8-11(10-6-5-7-15-10)17-12(16-9)14(2,3)13(18)19-4/h5-8,15H,1-4H3. The molecule has 0 aliphatic carbocycles. The van der Waals surface area contributed by atoms with Gasteiger partial charge in [0.15, 0.2) is 0 Å². The first-order chi connectivity index (χ1) is 8.95. The predicted molar refractivity (Wildman–Crippen MR) is 71.6 cm³/mol. The second-order valence-corrected chi connectivity index (χ2v) is 4.92. The molecule has 0 aliphatic rings. The highest BCUT2D eigenvalue weighted by Crippen LogP contribution is 2.24. The quantitative estimate of drug-likeness (QED) is 0.858. The first kappa shape index (κ1) is 13.3. The summed E-state index contributed by atoms with van der Waals surface area (Å²) in [6, 6.07) is 5.71. The van der Waals surface area contributed by atoms with Crippen LogP contribution in [-0.4, -0.2) is 28.0 Å². The molecule has 0 spiro atoms. The van der Waals surface area contributed by atoms with E-state index in [0.29, 0.717) is 5.82 Å². The van der Waals surface area contributed by atoms with Crippen molar-refractivity contribution in [3.8, 4) is 11.4 Å². The normalized spacial score (nSPS) is 11.4. The lowest BCUT2D eigenvalue weighted by Gasteiger charge is -2.20. The third kappa shape index (κ3) is 2.50. The Morgan fingerprint density at radius 1 is 1.37 bits per heavy atom. The minimum absolute atomic E-state index is 0.351. The molecule has 0 saturated heterocycles. The Hall–Kier alpha value is -2.17. The van der Waals surface area contributed by atoms with E-state index in [2.05, 4.69) is 15.0 Å². The molecule has 0 bridgehead atoms. The van der Waals surface area contributed by atoms with E-state index < -0.39 is 5.41 Å². The average molecular weight is 259 g/mol. The second-order valence-electron chi connectivity index (χ2n) is 4.92. The van der Waals surface area contributed by atoms with Crippen LogP contribution in [0.1, 0.15) is 25.4 Å². The molecule has 2 heterocycles. The number of aryl methyl sites for hydroxylation is 1. The number of nitrogens with zero attached hydrogens (tertiary/aromatic N) is 2. The summed E-state index contributed by atoms with van der Waals surface area (Å²) in [4.78, 5) is 23.8. The van der Waals surface area contributed by atoms with Gasteiger partial charge in [-0.1, -0.05) is 0 Å². The van der Waals surface area contributed by atoms with Crippen molar-refractivity contribution in [1.82, 2.24) is 15.0 Å². The molecule has 5 heteroatoms. The zero-order valence-corrected chi connectivity index (χ0v) is 11.5. The third-order valence-electron chi connectivity index (χ3n) is 2.98. The van der Waals surface area contributed by atoms with Crippen molar-refractivity contribution in [2.75, 3.05) is 7.11 Å². The fraction of sp³-hybridized carbons (Fsp3) is 0.357. The zero-order valence-electron chi connectivity index (χ0n) is 11.5. The van der Waals surface area contributed by atoms with Gasteiger partial charge in [0, 0.05) is 11.9 Å². The minimum Gasteiger partial charge on any atom is -0.468 e. The Balaban J connectivity index is 2.51. The average Bonchev–Trinajstić information content (AvgIpc) is 2.90. The molecule has 0 aromatic carbocycles. The molecule has 2 aromatic rings. The number of ether oxygens (including phenoxy) is 1. The first-order valence-electron chi connectivity index (χ1n) is 6.03. The van der Waals surface area contributed by atoms with E-state index in [-0.39, 0.29) is 5.97 Å². The minimum atomic E-state index is -0.873. The van der Waals surface area contributed by atoms with Crippen molar-refractivity contribution >= 4 is 5.97 Å². The number of carbonyl (C=O) groups is 1. The van der Waals surface area contributed by atoms with Gasteiger partial charge in [-0.05, 0) is 39.0 Å². The summed E-state index contributed by atoms with van der Waals surface area (Å²) >= 11 is 0. The van der Waals surface area contributed by atoms with E-state index in [1.165, 1.54) is 7.11 Å². The SMILES string of the molecule is COC(=O)C(C)(C)c1nc(C)cc(-c2ccc[nH]2)n1. The van der Waals surface area contributed by atoms with Crippen molar-refractivity contribution < 1.29 is 9.53 Å². The van der Waals surface area contributed by atoms with E-state index in [1.54, 1.807) is 13.8 Å². The Morgan fingerprint density at radius 2 is 2.11 bits per heavy atom. The molecule has 0 unspecified atom stereocenters. The van der Waals surface area contributed by atoms with Gasteiger partial charge in [-0.15, -0.1) is 0 Å². The lowest BCUT2D eigenvalue weighted by molar-refractivity contribution is -0.146. The van der Waals surface area contributed by atoms with E-state index >= 15 is 0 Å². The van der Waals surface area contributed by atoms with Gasteiger partial charge < -0.3 is 9.72 Å². The Morgan fingerprint density at radius 3 is 2.68 bits per heavy atom. The van der Waals surface area contributed by atoms with E-state index in [9.17, 15) is 4.79 Å². The molecule has 0 radical (unpaired) electrons. The molecule has 0 aliphatic heterocycles. The lowest BCUT2D eigenvalue weighted by atomic mass is 9.92.